The van der Waals surface area contributed by atoms with E-state index in [0.717, 1.165) is 11.8 Å². The Labute approximate surface area is 171 Å². The maximum atomic E-state index is 12.7. The molecule has 0 spiro atoms. The number of thioether (sulfide) groups is 1. The molecule has 0 bridgehead atoms. The maximum Gasteiger partial charge on any atom is 0.339 e. The zero-order valence-electron chi connectivity index (χ0n) is 15.8. The van der Waals surface area contributed by atoms with Crippen LogP contribution in [-0.4, -0.2) is 34.3 Å². The van der Waals surface area contributed by atoms with Crippen LogP contribution in [0.25, 0.3) is 10.9 Å². The molecule has 148 valence electrons. The Kier molecular flexibility index (Phi) is 6.46. The first-order chi connectivity index (χ1) is 14.0. The number of carbonyl (C=O) groups excluding carboxylic acids is 2. The number of aromatic nitrogens is 2. The highest BCUT2D eigenvalue weighted by Gasteiger charge is 2.15. The quantitative estimate of drug-likeness (QED) is 0.279. The summed E-state index contributed by atoms with van der Waals surface area (Å²) in [4.78, 5) is 41.5. The number of hydrogen-bond donors (Lipinski definition) is 1. The number of nitrogens with one attached hydrogen (secondary N) is 1. The van der Waals surface area contributed by atoms with E-state index in [9.17, 15) is 14.4 Å². The summed E-state index contributed by atoms with van der Waals surface area (Å²) in [5, 5.41) is 3.63. The number of nitrogens with zero attached hydrogens (tertiary/aromatic N) is 2. The van der Waals surface area contributed by atoms with E-state index in [1.54, 1.807) is 54.6 Å². The molecular formula is C21H19N3O4S. The van der Waals surface area contributed by atoms with Gasteiger partial charge in [0.15, 0.2) is 5.16 Å². The molecule has 0 unspecified atom stereocenters. The summed E-state index contributed by atoms with van der Waals surface area (Å²) >= 11 is 1.14. The molecule has 0 aliphatic heterocycles. The van der Waals surface area contributed by atoms with Gasteiger partial charge in [0.05, 0.1) is 35.0 Å². The van der Waals surface area contributed by atoms with Gasteiger partial charge in [0.2, 0.25) is 5.91 Å². The van der Waals surface area contributed by atoms with Crippen molar-refractivity contribution in [3.63, 3.8) is 0 Å². The third-order valence-electron chi connectivity index (χ3n) is 4.08. The van der Waals surface area contributed by atoms with Crippen molar-refractivity contribution < 1.29 is 14.3 Å². The van der Waals surface area contributed by atoms with Crippen LogP contribution < -0.4 is 10.9 Å². The Morgan fingerprint density at radius 2 is 1.93 bits per heavy atom. The number of methoxy groups -OCH3 is 1. The van der Waals surface area contributed by atoms with E-state index < -0.39 is 5.97 Å². The van der Waals surface area contributed by atoms with E-state index >= 15 is 0 Å². The van der Waals surface area contributed by atoms with Crippen LogP contribution in [-0.2, 0) is 16.1 Å². The Balaban J connectivity index is 1.81. The molecule has 0 radical (unpaired) electrons. The molecule has 8 heteroatoms. The first-order valence-corrected chi connectivity index (χ1v) is 9.74. The van der Waals surface area contributed by atoms with Crippen LogP contribution >= 0.6 is 11.8 Å². The molecule has 7 nitrogen and oxygen atoms in total. The number of allylic oxidation sites excluding steroid dienone is 1. The summed E-state index contributed by atoms with van der Waals surface area (Å²) < 4.78 is 6.21. The number of anilines is 1. The molecule has 1 amide bonds. The first-order valence-electron chi connectivity index (χ1n) is 8.75. The molecule has 3 aromatic rings. The number of amides is 1. The fraction of sp³-hybridized carbons (Fsp3) is 0.143. The Morgan fingerprint density at radius 3 is 2.69 bits per heavy atom. The van der Waals surface area contributed by atoms with Gasteiger partial charge in [-0.3, -0.25) is 14.2 Å². The number of esters is 1. The van der Waals surface area contributed by atoms with E-state index in [-0.39, 0.29) is 29.3 Å². The van der Waals surface area contributed by atoms with Gasteiger partial charge in [0.1, 0.15) is 0 Å². The highest BCUT2D eigenvalue weighted by atomic mass is 32.2. The third-order valence-corrected chi connectivity index (χ3v) is 5.05. The second kappa shape index (κ2) is 9.20. The van der Waals surface area contributed by atoms with Crippen molar-refractivity contribution >= 4 is 40.2 Å². The molecule has 3 rings (SSSR count). The summed E-state index contributed by atoms with van der Waals surface area (Å²) in [5.74, 6) is -0.860. The summed E-state index contributed by atoms with van der Waals surface area (Å²) in [6, 6.07) is 13.6. The monoisotopic (exact) mass is 409 g/mol. The number of rotatable bonds is 7. The van der Waals surface area contributed by atoms with Crippen molar-refractivity contribution in [1.82, 2.24) is 9.55 Å². The molecule has 2 aromatic carbocycles. The van der Waals surface area contributed by atoms with E-state index in [1.807, 2.05) is 0 Å². The van der Waals surface area contributed by atoms with Crippen LogP contribution in [0.2, 0.25) is 0 Å². The second-order valence-corrected chi connectivity index (χ2v) is 6.93. The number of fused-ring (bicyclic) bond motifs is 1. The van der Waals surface area contributed by atoms with Crippen LogP contribution in [0.1, 0.15) is 10.4 Å². The van der Waals surface area contributed by atoms with E-state index in [0.29, 0.717) is 21.7 Å². The minimum atomic E-state index is -0.537. The van der Waals surface area contributed by atoms with Crippen LogP contribution in [0, 0.1) is 0 Å². The fourth-order valence-corrected chi connectivity index (χ4v) is 3.55. The van der Waals surface area contributed by atoms with Gasteiger partial charge in [-0.05, 0) is 24.3 Å². The summed E-state index contributed by atoms with van der Waals surface area (Å²) in [5.41, 5.74) is 1.01. The smallest absolute Gasteiger partial charge is 0.339 e. The van der Waals surface area contributed by atoms with Crippen LogP contribution in [0.3, 0.4) is 0 Å². The topological polar surface area (TPSA) is 90.3 Å². The molecular weight excluding hydrogens is 390 g/mol. The van der Waals surface area contributed by atoms with Gasteiger partial charge in [-0.15, -0.1) is 6.58 Å². The predicted octanol–water partition coefficient (Wildman–Crippen LogP) is 3.10. The van der Waals surface area contributed by atoms with Crippen molar-refractivity contribution in [2.75, 3.05) is 18.2 Å². The van der Waals surface area contributed by atoms with Crippen LogP contribution in [0.15, 0.2) is 71.1 Å². The lowest BCUT2D eigenvalue weighted by atomic mass is 10.2. The minimum absolute atomic E-state index is 0.0113. The van der Waals surface area contributed by atoms with Gasteiger partial charge < -0.3 is 10.1 Å². The van der Waals surface area contributed by atoms with Gasteiger partial charge in [-0.2, -0.15) is 0 Å². The van der Waals surface area contributed by atoms with Gasteiger partial charge in [0.25, 0.3) is 5.56 Å². The lowest BCUT2D eigenvalue weighted by Crippen LogP contribution is -2.24. The summed E-state index contributed by atoms with van der Waals surface area (Å²) in [6.45, 7) is 3.97. The Hall–Kier alpha value is -3.39. The van der Waals surface area contributed by atoms with E-state index in [4.69, 9.17) is 4.74 Å². The molecule has 0 aliphatic carbocycles. The SMILES string of the molecule is C=CCn1c(SCC(=O)Nc2ccccc2C(=O)OC)nc2ccccc2c1=O. The molecule has 0 aliphatic rings. The van der Waals surface area contributed by atoms with Gasteiger partial charge >= 0.3 is 5.97 Å². The molecule has 0 fully saturated rings. The minimum Gasteiger partial charge on any atom is -0.465 e. The summed E-state index contributed by atoms with van der Waals surface area (Å²) in [7, 11) is 1.28. The highest BCUT2D eigenvalue weighted by Crippen LogP contribution is 2.20. The van der Waals surface area contributed by atoms with Crippen LogP contribution in [0.5, 0.6) is 0 Å². The number of ether oxygens (including phenoxy) is 1. The molecule has 29 heavy (non-hydrogen) atoms. The van der Waals surface area contributed by atoms with Crippen molar-refractivity contribution in [3.05, 3.63) is 77.1 Å². The molecule has 1 N–H and O–H groups in total. The van der Waals surface area contributed by atoms with Crippen molar-refractivity contribution in [2.24, 2.45) is 0 Å². The molecule has 1 aromatic heterocycles. The maximum absolute atomic E-state index is 12.7. The lowest BCUT2D eigenvalue weighted by Gasteiger charge is -2.12. The normalized spacial score (nSPS) is 10.5. The van der Waals surface area contributed by atoms with Gasteiger partial charge in [-0.1, -0.05) is 42.1 Å². The van der Waals surface area contributed by atoms with Crippen LogP contribution in [0.4, 0.5) is 5.69 Å². The number of carbonyl (C=O) groups is 2. The lowest BCUT2D eigenvalue weighted by molar-refractivity contribution is -0.113. The average Bonchev–Trinajstić information content (AvgIpc) is 2.74. The number of hydrogen-bond acceptors (Lipinski definition) is 6. The number of para-hydroxylation sites is 2. The number of benzene rings is 2. The zero-order valence-corrected chi connectivity index (χ0v) is 16.6. The van der Waals surface area contributed by atoms with Crippen molar-refractivity contribution in [3.8, 4) is 0 Å². The second-order valence-electron chi connectivity index (χ2n) is 5.99. The molecule has 0 saturated heterocycles. The Morgan fingerprint density at radius 1 is 1.21 bits per heavy atom. The summed E-state index contributed by atoms with van der Waals surface area (Å²) in [6.07, 6.45) is 1.61. The molecule has 1 heterocycles. The third kappa shape index (κ3) is 4.55. The Bertz CT molecular complexity index is 1140. The van der Waals surface area contributed by atoms with E-state index in [2.05, 4.69) is 16.9 Å². The molecule has 0 saturated carbocycles. The average molecular weight is 409 g/mol. The fourth-order valence-electron chi connectivity index (χ4n) is 2.74. The first kappa shape index (κ1) is 20.3. The standard InChI is InChI=1S/C21H19N3O4S/c1-3-12-24-19(26)14-8-4-6-10-16(14)23-21(24)29-13-18(25)22-17-11-7-5-9-15(17)20(27)28-2/h3-11H,1,12-13H2,2H3,(H,22,25). The predicted molar refractivity (Wildman–Crippen MR) is 113 cm³/mol. The molecule has 0 atom stereocenters. The van der Waals surface area contributed by atoms with Crippen molar-refractivity contribution in [1.29, 1.82) is 0 Å². The highest BCUT2D eigenvalue weighted by molar-refractivity contribution is 7.99. The largest absolute Gasteiger partial charge is 0.465 e. The van der Waals surface area contributed by atoms with Crippen molar-refractivity contribution in [2.45, 2.75) is 11.7 Å². The van der Waals surface area contributed by atoms with Gasteiger partial charge in [-0.25, -0.2) is 9.78 Å². The van der Waals surface area contributed by atoms with Gasteiger partial charge in [0, 0.05) is 6.54 Å². The zero-order chi connectivity index (χ0) is 20.8. The van der Waals surface area contributed by atoms with E-state index in [1.165, 1.54) is 11.7 Å².